The Balaban J connectivity index is 3.28. The molecule has 1 atom stereocenters. The van der Waals surface area contributed by atoms with E-state index in [1.807, 2.05) is 6.92 Å². The predicted molar refractivity (Wildman–Crippen MR) is 42.9 cm³/mol. The van der Waals surface area contributed by atoms with Crippen LogP contribution >= 0.6 is 0 Å². The smallest absolute Gasteiger partial charge is 0.183 e. The van der Waals surface area contributed by atoms with Crippen LogP contribution in [-0.4, -0.2) is 21.0 Å². The van der Waals surface area contributed by atoms with Crippen molar-refractivity contribution in [1.29, 1.82) is 0 Å². The first kappa shape index (κ1) is 9.14. The Hall–Kier alpha value is 0.137. The van der Waals surface area contributed by atoms with Gasteiger partial charge in [-0.25, -0.2) is 0 Å². The number of hydrogen-bond acceptors (Lipinski definition) is 2. The van der Waals surface area contributed by atoms with E-state index in [1.165, 1.54) is 0 Å². The van der Waals surface area contributed by atoms with E-state index >= 15 is 0 Å². The Morgan fingerprint density at radius 1 is 1.44 bits per heavy atom. The summed E-state index contributed by atoms with van der Waals surface area (Å²) in [5.74, 6) is 0. The fourth-order valence-electron chi connectivity index (χ4n) is 0.381. The molecule has 0 aromatic rings. The summed E-state index contributed by atoms with van der Waals surface area (Å²) in [5.41, 5.74) is 5.50. The van der Waals surface area contributed by atoms with E-state index in [-0.39, 0.29) is 6.04 Å². The maximum Gasteiger partial charge on any atom is 0.183 e. The average molecular weight is 147 g/mol. The molecule has 56 valence electrons. The SMILES string of the molecule is C[C@H](N)CO[Si](C)(C)C. The number of rotatable bonds is 3. The third-order valence-electron chi connectivity index (χ3n) is 0.779. The van der Waals surface area contributed by atoms with Gasteiger partial charge in [-0.3, -0.25) is 0 Å². The van der Waals surface area contributed by atoms with E-state index in [0.717, 1.165) is 0 Å². The molecule has 0 aliphatic carbocycles. The van der Waals surface area contributed by atoms with Crippen molar-refractivity contribution in [2.45, 2.75) is 32.6 Å². The van der Waals surface area contributed by atoms with E-state index in [4.69, 9.17) is 10.2 Å². The van der Waals surface area contributed by atoms with Crippen molar-refractivity contribution >= 4 is 8.32 Å². The third kappa shape index (κ3) is 8.14. The minimum absolute atomic E-state index is 0.178. The largest absolute Gasteiger partial charge is 0.416 e. The second kappa shape index (κ2) is 3.34. The molecule has 2 nitrogen and oxygen atoms in total. The van der Waals surface area contributed by atoms with E-state index in [1.54, 1.807) is 0 Å². The van der Waals surface area contributed by atoms with Crippen molar-refractivity contribution in [3.8, 4) is 0 Å². The average Bonchev–Trinajstić information content (AvgIpc) is 1.59. The van der Waals surface area contributed by atoms with Gasteiger partial charge in [-0.2, -0.15) is 0 Å². The minimum Gasteiger partial charge on any atom is -0.416 e. The summed E-state index contributed by atoms with van der Waals surface area (Å²) in [5, 5.41) is 0. The molecule has 0 spiro atoms. The van der Waals surface area contributed by atoms with Crippen molar-refractivity contribution < 1.29 is 4.43 Å². The standard InChI is InChI=1S/C6H17NOSi/c1-6(7)5-8-9(2,3)4/h6H,5,7H2,1-4H3/t6-/m0/s1. The van der Waals surface area contributed by atoms with Gasteiger partial charge in [-0.05, 0) is 26.6 Å². The summed E-state index contributed by atoms with van der Waals surface area (Å²) >= 11 is 0. The van der Waals surface area contributed by atoms with Crippen molar-refractivity contribution in [2.24, 2.45) is 5.73 Å². The number of hydrogen-bond donors (Lipinski definition) is 1. The normalized spacial score (nSPS) is 15.7. The zero-order valence-corrected chi connectivity index (χ0v) is 7.77. The highest BCUT2D eigenvalue weighted by molar-refractivity contribution is 6.69. The van der Waals surface area contributed by atoms with E-state index < -0.39 is 8.32 Å². The van der Waals surface area contributed by atoms with Crippen LogP contribution in [0.25, 0.3) is 0 Å². The van der Waals surface area contributed by atoms with Crippen molar-refractivity contribution in [2.75, 3.05) is 6.61 Å². The van der Waals surface area contributed by atoms with Crippen molar-refractivity contribution in [3.05, 3.63) is 0 Å². The molecule has 0 unspecified atom stereocenters. The minimum atomic E-state index is -1.30. The van der Waals surface area contributed by atoms with Gasteiger partial charge in [0, 0.05) is 12.6 Å². The van der Waals surface area contributed by atoms with Crippen LogP contribution in [0.2, 0.25) is 19.6 Å². The zero-order valence-electron chi connectivity index (χ0n) is 6.77. The molecule has 0 saturated carbocycles. The highest BCUT2D eigenvalue weighted by Gasteiger charge is 2.13. The van der Waals surface area contributed by atoms with Gasteiger partial charge in [0.05, 0.1) is 0 Å². The topological polar surface area (TPSA) is 35.2 Å². The summed E-state index contributed by atoms with van der Waals surface area (Å²) in [4.78, 5) is 0. The molecule has 0 radical (unpaired) electrons. The van der Waals surface area contributed by atoms with Crippen LogP contribution in [-0.2, 0) is 4.43 Å². The van der Waals surface area contributed by atoms with Crippen LogP contribution < -0.4 is 5.73 Å². The van der Waals surface area contributed by atoms with E-state index in [2.05, 4.69) is 19.6 Å². The molecule has 0 aliphatic heterocycles. The molecular weight excluding hydrogens is 130 g/mol. The summed E-state index contributed by atoms with van der Waals surface area (Å²) in [6.45, 7) is 9.15. The molecule has 0 bridgehead atoms. The van der Waals surface area contributed by atoms with Crippen LogP contribution in [0.15, 0.2) is 0 Å². The second-order valence-electron chi connectivity index (χ2n) is 3.40. The van der Waals surface area contributed by atoms with Gasteiger partial charge in [-0.1, -0.05) is 0 Å². The molecule has 0 amide bonds. The van der Waals surface area contributed by atoms with Crippen LogP contribution in [0.5, 0.6) is 0 Å². The quantitative estimate of drug-likeness (QED) is 0.608. The maximum absolute atomic E-state index is 5.50. The fourth-order valence-corrected chi connectivity index (χ4v) is 1.14. The predicted octanol–water partition coefficient (Wildman–Crippen LogP) is 1.19. The van der Waals surface area contributed by atoms with Gasteiger partial charge < -0.3 is 10.2 Å². The lowest BCUT2D eigenvalue weighted by Gasteiger charge is -2.18. The van der Waals surface area contributed by atoms with E-state index in [0.29, 0.717) is 6.61 Å². The van der Waals surface area contributed by atoms with Gasteiger partial charge >= 0.3 is 0 Å². The van der Waals surface area contributed by atoms with Crippen molar-refractivity contribution in [1.82, 2.24) is 0 Å². The Morgan fingerprint density at radius 3 is 2.00 bits per heavy atom. The van der Waals surface area contributed by atoms with Crippen LogP contribution in [0.1, 0.15) is 6.92 Å². The van der Waals surface area contributed by atoms with Crippen LogP contribution in [0.4, 0.5) is 0 Å². The Labute approximate surface area is 58.5 Å². The molecule has 0 fully saturated rings. The molecule has 0 saturated heterocycles. The van der Waals surface area contributed by atoms with Gasteiger partial charge in [0.1, 0.15) is 0 Å². The molecule has 0 aromatic heterocycles. The summed E-state index contributed by atoms with van der Waals surface area (Å²) in [6, 6.07) is 0.178. The van der Waals surface area contributed by atoms with Crippen LogP contribution in [0, 0.1) is 0 Å². The molecule has 3 heteroatoms. The molecule has 2 N–H and O–H groups in total. The van der Waals surface area contributed by atoms with Crippen molar-refractivity contribution in [3.63, 3.8) is 0 Å². The van der Waals surface area contributed by atoms with Gasteiger partial charge in [0.15, 0.2) is 8.32 Å². The molecule has 0 heterocycles. The molecule has 0 aliphatic rings. The second-order valence-corrected chi connectivity index (χ2v) is 7.91. The Bertz CT molecular complexity index is 77.6. The molecule has 0 aromatic carbocycles. The molecular formula is C6H17NOSi. The lowest BCUT2D eigenvalue weighted by atomic mass is 10.4. The Kier molecular flexibility index (Phi) is 3.39. The van der Waals surface area contributed by atoms with Gasteiger partial charge in [-0.15, -0.1) is 0 Å². The van der Waals surface area contributed by atoms with Gasteiger partial charge in [0.25, 0.3) is 0 Å². The molecule has 0 rings (SSSR count). The maximum atomic E-state index is 5.50. The molecule has 9 heavy (non-hydrogen) atoms. The Morgan fingerprint density at radius 2 is 1.89 bits per heavy atom. The van der Waals surface area contributed by atoms with Gasteiger partial charge in [0.2, 0.25) is 0 Å². The number of nitrogens with two attached hydrogens (primary N) is 1. The first-order valence-electron chi connectivity index (χ1n) is 3.31. The fraction of sp³-hybridized carbons (Fsp3) is 1.00. The highest BCUT2D eigenvalue weighted by atomic mass is 28.4. The lowest BCUT2D eigenvalue weighted by Crippen LogP contribution is -2.32. The third-order valence-corrected chi connectivity index (χ3v) is 1.81. The monoisotopic (exact) mass is 147 g/mol. The van der Waals surface area contributed by atoms with Crippen LogP contribution in [0.3, 0.4) is 0 Å². The lowest BCUT2D eigenvalue weighted by molar-refractivity contribution is 0.290. The zero-order chi connectivity index (χ0) is 7.49. The summed E-state index contributed by atoms with van der Waals surface area (Å²) in [6.07, 6.45) is 0. The summed E-state index contributed by atoms with van der Waals surface area (Å²) in [7, 11) is -1.30. The summed E-state index contributed by atoms with van der Waals surface area (Å²) < 4.78 is 5.50. The first-order valence-corrected chi connectivity index (χ1v) is 6.72. The highest BCUT2D eigenvalue weighted by Crippen LogP contribution is 2.01. The first-order chi connectivity index (χ1) is 3.92. The van der Waals surface area contributed by atoms with E-state index in [9.17, 15) is 0 Å².